The number of halogens is 1. The number of nitrogens with zero attached hydrogens (tertiary/aromatic N) is 1. The molecule has 3 rings (SSSR count). The molecule has 2 aliphatic rings. The molecule has 1 heterocycles. The first-order valence-corrected chi connectivity index (χ1v) is 7.47. The van der Waals surface area contributed by atoms with E-state index in [4.69, 9.17) is 9.84 Å². The number of amides is 1. The highest BCUT2D eigenvalue weighted by Crippen LogP contribution is 2.36. The van der Waals surface area contributed by atoms with Gasteiger partial charge in [-0.15, -0.1) is 0 Å². The number of rotatable bonds is 2. The molecule has 0 radical (unpaired) electrons. The third-order valence-corrected chi connectivity index (χ3v) is 4.50. The number of carbonyl (C=O) groups is 2. The number of aromatic carboxylic acids is 1. The molecule has 22 heavy (non-hydrogen) atoms. The molecule has 0 unspecified atom stereocenters. The molecule has 118 valence electrons. The van der Waals surface area contributed by atoms with Crippen LogP contribution in [0.4, 0.5) is 4.39 Å². The summed E-state index contributed by atoms with van der Waals surface area (Å²) in [5, 5.41) is 8.85. The molecule has 0 aromatic heterocycles. The number of benzene rings is 1. The van der Waals surface area contributed by atoms with Crippen LogP contribution in [-0.4, -0.2) is 47.2 Å². The summed E-state index contributed by atoms with van der Waals surface area (Å²) in [7, 11) is 0. The van der Waals surface area contributed by atoms with Crippen molar-refractivity contribution in [2.45, 2.75) is 31.3 Å². The zero-order valence-electron chi connectivity index (χ0n) is 12.2. The van der Waals surface area contributed by atoms with E-state index in [2.05, 4.69) is 0 Å². The van der Waals surface area contributed by atoms with Gasteiger partial charge in [-0.3, -0.25) is 4.79 Å². The molecule has 1 spiro atoms. The fraction of sp³-hybridized carbons (Fsp3) is 0.500. The smallest absolute Gasteiger partial charge is 0.335 e. The molecule has 0 bridgehead atoms. The van der Waals surface area contributed by atoms with Crippen LogP contribution in [0.2, 0.25) is 0 Å². The molecule has 6 heteroatoms. The Hall–Kier alpha value is -1.95. The van der Waals surface area contributed by atoms with Crippen molar-refractivity contribution in [3.8, 4) is 0 Å². The second-order valence-corrected chi connectivity index (χ2v) is 5.97. The van der Waals surface area contributed by atoms with Crippen molar-refractivity contribution in [3.05, 3.63) is 35.1 Å². The summed E-state index contributed by atoms with van der Waals surface area (Å²) in [5.41, 5.74) is -0.519. The topological polar surface area (TPSA) is 66.8 Å². The van der Waals surface area contributed by atoms with Gasteiger partial charge in [0.1, 0.15) is 5.82 Å². The molecule has 1 aromatic rings. The van der Waals surface area contributed by atoms with Gasteiger partial charge in [-0.1, -0.05) is 12.8 Å². The Morgan fingerprint density at radius 1 is 1.27 bits per heavy atom. The number of hydrogen-bond donors (Lipinski definition) is 1. The Morgan fingerprint density at radius 3 is 2.64 bits per heavy atom. The standard InChI is InChI=1S/C16H18FNO4/c17-13-9-11(15(20)21)3-4-12(13)14(19)18-7-8-22-16(10-18)5-1-2-6-16/h3-4,9H,1-2,5-8,10H2,(H,20,21). The van der Waals surface area contributed by atoms with E-state index in [1.54, 1.807) is 4.90 Å². The minimum atomic E-state index is -1.21. The summed E-state index contributed by atoms with van der Waals surface area (Å²) >= 11 is 0. The number of ether oxygens (including phenoxy) is 1. The monoisotopic (exact) mass is 307 g/mol. The second-order valence-electron chi connectivity index (χ2n) is 5.97. The van der Waals surface area contributed by atoms with Gasteiger partial charge in [-0.25, -0.2) is 9.18 Å². The van der Waals surface area contributed by atoms with E-state index in [9.17, 15) is 14.0 Å². The molecule has 1 aliphatic heterocycles. The molecule has 0 atom stereocenters. The number of morpholine rings is 1. The van der Waals surface area contributed by atoms with E-state index in [-0.39, 0.29) is 16.7 Å². The Morgan fingerprint density at radius 2 is 2.00 bits per heavy atom. The first-order chi connectivity index (χ1) is 10.5. The van der Waals surface area contributed by atoms with E-state index < -0.39 is 17.7 Å². The Balaban J connectivity index is 1.80. The van der Waals surface area contributed by atoms with Crippen LogP contribution in [0.25, 0.3) is 0 Å². The average molecular weight is 307 g/mol. The van der Waals surface area contributed by atoms with Crippen LogP contribution in [-0.2, 0) is 4.74 Å². The molecule has 1 N–H and O–H groups in total. The molecular weight excluding hydrogens is 289 g/mol. The summed E-state index contributed by atoms with van der Waals surface area (Å²) in [4.78, 5) is 25.0. The second kappa shape index (κ2) is 5.68. The zero-order chi connectivity index (χ0) is 15.7. The van der Waals surface area contributed by atoms with Gasteiger partial charge >= 0.3 is 5.97 Å². The fourth-order valence-corrected chi connectivity index (χ4v) is 3.33. The minimum absolute atomic E-state index is 0.0833. The number of carbonyl (C=O) groups excluding carboxylic acids is 1. The van der Waals surface area contributed by atoms with Crippen LogP contribution >= 0.6 is 0 Å². The van der Waals surface area contributed by atoms with Gasteiger partial charge in [-0.2, -0.15) is 0 Å². The highest BCUT2D eigenvalue weighted by molar-refractivity contribution is 5.96. The van der Waals surface area contributed by atoms with Crippen LogP contribution in [0.3, 0.4) is 0 Å². The van der Waals surface area contributed by atoms with E-state index in [0.29, 0.717) is 19.7 Å². The lowest BCUT2D eigenvalue weighted by molar-refractivity contribution is -0.0949. The summed E-state index contributed by atoms with van der Waals surface area (Å²) in [6, 6.07) is 3.39. The molecule has 1 aliphatic carbocycles. The number of hydrogen-bond acceptors (Lipinski definition) is 3. The Kier molecular flexibility index (Phi) is 3.87. The van der Waals surface area contributed by atoms with E-state index in [1.807, 2.05) is 0 Å². The molecule has 1 saturated heterocycles. The highest BCUT2D eigenvalue weighted by atomic mass is 19.1. The predicted molar refractivity (Wildman–Crippen MR) is 76.4 cm³/mol. The van der Waals surface area contributed by atoms with Gasteiger partial charge in [0.2, 0.25) is 0 Å². The Labute approximate surface area is 127 Å². The lowest BCUT2D eigenvalue weighted by Gasteiger charge is -2.40. The quantitative estimate of drug-likeness (QED) is 0.910. The van der Waals surface area contributed by atoms with Gasteiger partial charge in [0, 0.05) is 6.54 Å². The van der Waals surface area contributed by atoms with Crippen molar-refractivity contribution in [1.82, 2.24) is 4.90 Å². The van der Waals surface area contributed by atoms with Gasteiger partial charge in [0.25, 0.3) is 5.91 Å². The lowest BCUT2D eigenvalue weighted by atomic mass is 9.99. The molecule has 2 fully saturated rings. The van der Waals surface area contributed by atoms with Gasteiger partial charge in [0.15, 0.2) is 0 Å². The summed E-state index contributed by atoms with van der Waals surface area (Å²) in [6.45, 7) is 1.37. The molecule has 5 nitrogen and oxygen atoms in total. The van der Waals surface area contributed by atoms with E-state index >= 15 is 0 Å². The lowest BCUT2D eigenvalue weighted by Crippen LogP contribution is -2.52. The van der Waals surface area contributed by atoms with Crippen molar-refractivity contribution in [1.29, 1.82) is 0 Å². The van der Waals surface area contributed by atoms with Crippen LogP contribution < -0.4 is 0 Å². The minimum Gasteiger partial charge on any atom is -0.478 e. The third-order valence-electron chi connectivity index (χ3n) is 4.50. The number of carboxylic acids is 1. The van der Waals surface area contributed by atoms with Crippen LogP contribution in [0, 0.1) is 5.82 Å². The van der Waals surface area contributed by atoms with Crippen LogP contribution in [0.5, 0.6) is 0 Å². The summed E-state index contributed by atoms with van der Waals surface area (Å²) in [6.07, 6.45) is 4.03. The third kappa shape index (κ3) is 2.70. The summed E-state index contributed by atoms with van der Waals surface area (Å²) in [5.74, 6) is -2.41. The maximum atomic E-state index is 14.0. The normalized spacial score (nSPS) is 20.3. The van der Waals surface area contributed by atoms with E-state index in [1.165, 1.54) is 12.1 Å². The van der Waals surface area contributed by atoms with Gasteiger partial charge in [-0.05, 0) is 31.0 Å². The number of carboxylic acid groups (broad SMARTS) is 1. The fourth-order valence-electron chi connectivity index (χ4n) is 3.33. The SMILES string of the molecule is O=C(O)c1ccc(C(=O)N2CCOC3(CCCC3)C2)c(F)c1. The molecule has 1 amide bonds. The van der Waals surface area contributed by atoms with Gasteiger partial charge in [0.05, 0.1) is 29.9 Å². The predicted octanol–water partition coefficient (Wildman–Crippen LogP) is 2.31. The zero-order valence-corrected chi connectivity index (χ0v) is 12.2. The maximum Gasteiger partial charge on any atom is 0.335 e. The van der Waals surface area contributed by atoms with E-state index in [0.717, 1.165) is 31.7 Å². The first-order valence-electron chi connectivity index (χ1n) is 7.47. The highest BCUT2D eigenvalue weighted by Gasteiger charge is 2.41. The van der Waals surface area contributed by atoms with Crippen molar-refractivity contribution in [2.24, 2.45) is 0 Å². The average Bonchev–Trinajstić information content (AvgIpc) is 2.94. The van der Waals surface area contributed by atoms with Crippen LogP contribution in [0.15, 0.2) is 18.2 Å². The van der Waals surface area contributed by atoms with Crippen molar-refractivity contribution >= 4 is 11.9 Å². The Bertz CT molecular complexity index is 610. The summed E-state index contributed by atoms with van der Waals surface area (Å²) < 4.78 is 19.9. The van der Waals surface area contributed by atoms with Crippen LogP contribution in [0.1, 0.15) is 46.4 Å². The molecule has 1 aromatic carbocycles. The van der Waals surface area contributed by atoms with Crippen molar-refractivity contribution in [2.75, 3.05) is 19.7 Å². The van der Waals surface area contributed by atoms with Crippen molar-refractivity contribution < 1.29 is 23.8 Å². The molecular formula is C16H18FNO4. The van der Waals surface area contributed by atoms with Gasteiger partial charge < -0.3 is 14.7 Å². The largest absolute Gasteiger partial charge is 0.478 e. The maximum absolute atomic E-state index is 14.0. The molecule has 1 saturated carbocycles. The first kappa shape index (κ1) is 15.0. The van der Waals surface area contributed by atoms with Crippen molar-refractivity contribution in [3.63, 3.8) is 0 Å².